The molecule has 1 saturated heterocycles. The Morgan fingerprint density at radius 1 is 1.15 bits per heavy atom. The number of amides is 2. The van der Waals surface area contributed by atoms with Crippen LogP contribution in [0.4, 0.5) is 4.79 Å². The molecule has 0 aromatic heterocycles. The molecule has 2 amide bonds. The molecule has 0 bridgehead atoms. The zero-order chi connectivity index (χ0) is 18.9. The maximum atomic E-state index is 12.4. The zero-order valence-electron chi connectivity index (χ0n) is 15.7. The van der Waals surface area contributed by atoms with Crippen molar-refractivity contribution in [3.63, 3.8) is 0 Å². The molecule has 1 aliphatic heterocycles. The number of carbonyl (C=O) groups is 2. The predicted octanol–water partition coefficient (Wildman–Crippen LogP) is 2.37. The molecule has 2 rings (SSSR count). The Morgan fingerprint density at radius 3 is 2.46 bits per heavy atom. The summed E-state index contributed by atoms with van der Waals surface area (Å²) in [5, 5.41) is 2.84. The summed E-state index contributed by atoms with van der Waals surface area (Å²) in [6, 6.07) is 5.78. The Hall–Kier alpha value is -2.44. The first kappa shape index (κ1) is 19.9. The molecule has 0 aliphatic carbocycles. The number of rotatable bonds is 7. The van der Waals surface area contributed by atoms with E-state index in [4.69, 9.17) is 14.2 Å². The van der Waals surface area contributed by atoms with Gasteiger partial charge in [0, 0.05) is 25.6 Å². The quantitative estimate of drug-likeness (QED) is 0.804. The minimum Gasteiger partial charge on any atom is -0.493 e. The van der Waals surface area contributed by atoms with Gasteiger partial charge in [-0.2, -0.15) is 0 Å². The van der Waals surface area contributed by atoms with Crippen LogP contribution in [0.15, 0.2) is 18.2 Å². The summed E-state index contributed by atoms with van der Waals surface area (Å²) in [5.74, 6) is 1.48. The van der Waals surface area contributed by atoms with E-state index in [0.717, 1.165) is 18.4 Å². The van der Waals surface area contributed by atoms with E-state index in [2.05, 4.69) is 5.32 Å². The van der Waals surface area contributed by atoms with Crippen LogP contribution in [0.25, 0.3) is 0 Å². The van der Waals surface area contributed by atoms with Crippen LogP contribution in [0.2, 0.25) is 0 Å². The van der Waals surface area contributed by atoms with Crippen LogP contribution < -0.4 is 14.8 Å². The van der Waals surface area contributed by atoms with Crippen LogP contribution in [0.3, 0.4) is 0 Å². The van der Waals surface area contributed by atoms with Gasteiger partial charge in [0.1, 0.15) is 0 Å². The monoisotopic (exact) mass is 364 g/mol. The van der Waals surface area contributed by atoms with Gasteiger partial charge in [0.25, 0.3) is 0 Å². The van der Waals surface area contributed by atoms with Gasteiger partial charge in [0.2, 0.25) is 5.91 Å². The third kappa shape index (κ3) is 5.54. The van der Waals surface area contributed by atoms with E-state index in [0.29, 0.717) is 44.0 Å². The maximum Gasteiger partial charge on any atom is 0.407 e. The molecule has 26 heavy (non-hydrogen) atoms. The number of piperidine rings is 1. The molecule has 0 radical (unpaired) electrons. The number of ether oxygens (including phenoxy) is 3. The fourth-order valence-corrected chi connectivity index (χ4v) is 3.06. The Kier molecular flexibility index (Phi) is 7.56. The van der Waals surface area contributed by atoms with E-state index >= 15 is 0 Å². The van der Waals surface area contributed by atoms with Crippen molar-refractivity contribution in [2.75, 3.05) is 33.9 Å². The molecule has 1 aliphatic rings. The lowest BCUT2D eigenvalue weighted by Gasteiger charge is -2.32. The summed E-state index contributed by atoms with van der Waals surface area (Å²) in [5.41, 5.74) is 1.04. The highest BCUT2D eigenvalue weighted by molar-refractivity contribution is 5.76. The van der Waals surface area contributed by atoms with E-state index in [9.17, 15) is 9.59 Å². The van der Waals surface area contributed by atoms with Crippen molar-refractivity contribution in [2.45, 2.75) is 38.6 Å². The number of hydrogen-bond donors (Lipinski definition) is 1. The highest BCUT2D eigenvalue weighted by Gasteiger charge is 2.24. The Balaban J connectivity index is 1.78. The molecule has 7 heteroatoms. The zero-order valence-corrected chi connectivity index (χ0v) is 15.7. The Morgan fingerprint density at radius 2 is 1.85 bits per heavy atom. The van der Waals surface area contributed by atoms with Gasteiger partial charge in [-0.05, 0) is 43.9 Å². The van der Waals surface area contributed by atoms with E-state index in [1.165, 1.54) is 0 Å². The molecule has 1 fully saturated rings. The largest absolute Gasteiger partial charge is 0.493 e. The minimum absolute atomic E-state index is 0.0731. The summed E-state index contributed by atoms with van der Waals surface area (Å²) in [6.07, 6.45) is 2.22. The molecule has 1 N–H and O–H groups in total. The summed E-state index contributed by atoms with van der Waals surface area (Å²) in [4.78, 5) is 25.8. The SMILES string of the molecule is CCOC(=O)NC1CCN(C(=O)CCc2ccc(OC)c(OC)c2)CC1. The molecule has 1 heterocycles. The Labute approximate surface area is 154 Å². The van der Waals surface area contributed by atoms with Gasteiger partial charge >= 0.3 is 6.09 Å². The van der Waals surface area contributed by atoms with Crippen molar-refractivity contribution in [1.29, 1.82) is 0 Å². The van der Waals surface area contributed by atoms with Crippen LogP contribution in [-0.4, -0.2) is 56.9 Å². The van der Waals surface area contributed by atoms with Crippen molar-refractivity contribution in [1.82, 2.24) is 10.2 Å². The molecule has 0 atom stereocenters. The molecule has 1 aromatic rings. The summed E-state index contributed by atoms with van der Waals surface area (Å²) < 4.78 is 15.4. The maximum absolute atomic E-state index is 12.4. The van der Waals surface area contributed by atoms with Crippen molar-refractivity contribution in [3.05, 3.63) is 23.8 Å². The van der Waals surface area contributed by atoms with Gasteiger partial charge in [-0.1, -0.05) is 6.07 Å². The number of alkyl carbamates (subject to hydrolysis) is 1. The van der Waals surface area contributed by atoms with Gasteiger partial charge in [-0.3, -0.25) is 4.79 Å². The van der Waals surface area contributed by atoms with Crippen LogP contribution in [0.5, 0.6) is 11.5 Å². The molecule has 7 nitrogen and oxygen atoms in total. The van der Waals surface area contributed by atoms with E-state index in [-0.39, 0.29) is 18.0 Å². The normalized spacial score (nSPS) is 14.7. The molecule has 144 valence electrons. The molecular formula is C19H28N2O5. The second-order valence-electron chi connectivity index (χ2n) is 6.21. The highest BCUT2D eigenvalue weighted by Crippen LogP contribution is 2.28. The minimum atomic E-state index is -0.384. The summed E-state index contributed by atoms with van der Waals surface area (Å²) >= 11 is 0. The van der Waals surface area contributed by atoms with Crippen LogP contribution in [0.1, 0.15) is 31.7 Å². The number of aryl methyl sites for hydroxylation is 1. The van der Waals surface area contributed by atoms with Crippen LogP contribution in [0, 0.1) is 0 Å². The topological polar surface area (TPSA) is 77.1 Å². The second kappa shape index (κ2) is 9.89. The number of likely N-dealkylation sites (tertiary alicyclic amines) is 1. The number of hydrogen-bond acceptors (Lipinski definition) is 5. The first-order valence-electron chi connectivity index (χ1n) is 8.99. The van der Waals surface area contributed by atoms with E-state index < -0.39 is 0 Å². The first-order valence-corrected chi connectivity index (χ1v) is 8.99. The molecule has 1 aromatic carbocycles. The molecule has 0 saturated carbocycles. The number of nitrogens with zero attached hydrogens (tertiary/aromatic N) is 1. The average Bonchev–Trinajstić information content (AvgIpc) is 2.66. The summed E-state index contributed by atoms with van der Waals surface area (Å²) in [7, 11) is 3.20. The lowest BCUT2D eigenvalue weighted by molar-refractivity contribution is -0.132. The predicted molar refractivity (Wildman–Crippen MR) is 97.6 cm³/mol. The van der Waals surface area contributed by atoms with Gasteiger partial charge in [-0.25, -0.2) is 4.79 Å². The standard InChI is InChI=1S/C19H28N2O5/c1-4-26-19(23)20-15-9-11-21(12-10-15)18(22)8-6-14-5-7-16(24-2)17(13-14)25-3/h5,7,13,15H,4,6,8-12H2,1-3H3,(H,20,23). The van der Waals surface area contributed by atoms with Crippen molar-refractivity contribution >= 4 is 12.0 Å². The van der Waals surface area contributed by atoms with Crippen molar-refractivity contribution in [2.24, 2.45) is 0 Å². The molecular weight excluding hydrogens is 336 g/mol. The second-order valence-corrected chi connectivity index (χ2v) is 6.21. The first-order chi connectivity index (χ1) is 12.6. The third-order valence-electron chi connectivity index (χ3n) is 4.52. The van der Waals surface area contributed by atoms with Crippen LogP contribution in [-0.2, 0) is 16.0 Å². The van der Waals surface area contributed by atoms with Gasteiger partial charge < -0.3 is 24.4 Å². The lowest BCUT2D eigenvalue weighted by Crippen LogP contribution is -2.46. The number of benzene rings is 1. The number of carbonyl (C=O) groups excluding carboxylic acids is 2. The van der Waals surface area contributed by atoms with Gasteiger partial charge in [0.05, 0.1) is 20.8 Å². The average molecular weight is 364 g/mol. The van der Waals surface area contributed by atoms with E-state index in [1.54, 1.807) is 21.1 Å². The lowest BCUT2D eigenvalue weighted by atomic mass is 10.0. The van der Waals surface area contributed by atoms with Crippen molar-refractivity contribution < 1.29 is 23.8 Å². The summed E-state index contributed by atoms with van der Waals surface area (Å²) in [6.45, 7) is 3.45. The Bertz CT molecular complexity index is 612. The fraction of sp³-hybridized carbons (Fsp3) is 0.579. The van der Waals surface area contributed by atoms with Gasteiger partial charge in [-0.15, -0.1) is 0 Å². The smallest absolute Gasteiger partial charge is 0.407 e. The fourth-order valence-electron chi connectivity index (χ4n) is 3.06. The van der Waals surface area contributed by atoms with Crippen LogP contribution >= 0.6 is 0 Å². The number of nitrogens with one attached hydrogen (secondary N) is 1. The number of methoxy groups -OCH3 is 2. The molecule has 0 unspecified atom stereocenters. The molecule has 0 spiro atoms. The third-order valence-corrected chi connectivity index (χ3v) is 4.52. The van der Waals surface area contributed by atoms with Gasteiger partial charge in [0.15, 0.2) is 11.5 Å². The van der Waals surface area contributed by atoms with Crippen molar-refractivity contribution in [3.8, 4) is 11.5 Å². The highest BCUT2D eigenvalue weighted by atomic mass is 16.5. The van der Waals surface area contributed by atoms with E-state index in [1.807, 2.05) is 23.1 Å².